The van der Waals surface area contributed by atoms with Crippen LogP contribution in [0.3, 0.4) is 0 Å². The molecular weight excluding hydrogens is 348 g/mol. The van der Waals surface area contributed by atoms with E-state index in [-0.39, 0.29) is 5.91 Å². The monoisotopic (exact) mass is 372 g/mol. The van der Waals surface area contributed by atoms with E-state index in [1.165, 1.54) is 30.5 Å². The third kappa shape index (κ3) is 3.67. The highest BCUT2D eigenvalue weighted by Gasteiger charge is 2.35. The molecule has 0 saturated carbocycles. The van der Waals surface area contributed by atoms with Crippen LogP contribution in [-0.2, 0) is 9.53 Å². The molecule has 0 aromatic heterocycles. The van der Waals surface area contributed by atoms with Gasteiger partial charge >= 0.3 is 0 Å². The van der Waals surface area contributed by atoms with Gasteiger partial charge in [0.15, 0.2) is 0 Å². The molecule has 1 N–H and O–H groups in total. The third-order valence-electron chi connectivity index (χ3n) is 5.55. The van der Waals surface area contributed by atoms with E-state index in [9.17, 15) is 4.79 Å². The van der Waals surface area contributed by atoms with Crippen molar-refractivity contribution in [1.82, 2.24) is 4.90 Å². The van der Waals surface area contributed by atoms with Crippen molar-refractivity contribution in [2.24, 2.45) is 5.92 Å². The second kappa shape index (κ2) is 7.85. The summed E-state index contributed by atoms with van der Waals surface area (Å²) in [7, 11) is 0. The van der Waals surface area contributed by atoms with E-state index < -0.39 is 0 Å². The van der Waals surface area contributed by atoms with E-state index in [2.05, 4.69) is 16.3 Å². The van der Waals surface area contributed by atoms with Gasteiger partial charge in [-0.1, -0.05) is 29.3 Å². The van der Waals surface area contributed by atoms with Crippen molar-refractivity contribution in [3.8, 4) is 0 Å². The summed E-state index contributed by atoms with van der Waals surface area (Å²) >= 11 is 6.05. The second-order valence-electron chi connectivity index (χ2n) is 7.19. The van der Waals surface area contributed by atoms with Crippen LogP contribution in [0.25, 0.3) is 0 Å². The fraction of sp³-hybridized carbons (Fsp3) is 0.476. The summed E-state index contributed by atoms with van der Waals surface area (Å²) in [5, 5.41) is 3.68. The number of carbonyl (C=O) groups excluding carboxylic acids is 1. The van der Waals surface area contributed by atoms with Crippen LogP contribution in [0.1, 0.15) is 32.1 Å². The highest BCUT2D eigenvalue weighted by atomic mass is 35.5. The Kier molecular flexibility index (Phi) is 5.32. The number of amides is 1. The second-order valence-corrected chi connectivity index (χ2v) is 7.63. The fourth-order valence-electron chi connectivity index (χ4n) is 4.36. The summed E-state index contributed by atoms with van der Waals surface area (Å²) in [6.45, 7) is 3.21. The molecule has 2 aliphatic carbocycles. The predicted molar refractivity (Wildman–Crippen MR) is 104 cm³/mol. The van der Waals surface area contributed by atoms with Crippen LogP contribution in [0.5, 0.6) is 0 Å². The lowest BCUT2D eigenvalue weighted by Crippen LogP contribution is -2.38. The summed E-state index contributed by atoms with van der Waals surface area (Å²) in [6.07, 6.45) is 7.85. The first kappa shape index (κ1) is 17.6. The Bertz CT molecular complexity index is 750. The van der Waals surface area contributed by atoms with Crippen molar-refractivity contribution in [3.05, 3.63) is 52.2 Å². The Morgan fingerprint density at radius 2 is 2.08 bits per heavy atom. The molecule has 1 fully saturated rings. The number of hydrogen-bond donors (Lipinski definition) is 1. The first-order chi connectivity index (χ1) is 12.7. The van der Waals surface area contributed by atoms with Crippen molar-refractivity contribution >= 4 is 23.2 Å². The molecule has 4 nitrogen and oxygen atoms in total. The maximum Gasteiger partial charge on any atom is 0.253 e. The Labute approximate surface area is 159 Å². The van der Waals surface area contributed by atoms with Gasteiger partial charge in [-0.2, -0.15) is 0 Å². The molecule has 3 aliphatic rings. The molecule has 5 heteroatoms. The first-order valence-corrected chi connectivity index (χ1v) is 9.92. The van der Waals surface area contributed by atoms with Crippen LogP contribution >= 0.6 is 11.6 Å². The zero-order valence-corrected chi connectivity index (χ0v) is 15.7. The van der Waals surface area contributed by atoms with Gasteiger partial charge in [-0.3, -0.25) is 4.79 Å². The molecule has 1 aromatic rings. The molecular formula is C21H25ClN2O2. The Hall–Kier alpha value is -1.78. The van der Waals surface area contributed by atoms with Gasteiger partial charge in [-0.15, -0.1) is 0 Å². The largest absolute Gasteiger partial charge is 0.378 e. The molecule has 1 atom stereocenters. The number of nitrogens with one attached hydrogen (secondary N) is 1. The number of carbonyl (C=O) groups is 1. The van der Waals surface area contributed by atoms with Gasteiger partial charge < -0.3 is 15.0 Å². The van der Waals surface area contributed by atoms with Gasteiger partial charge in [-0.05, 0) is 50.3 Å². The molecule has 1 heterocycles. The van der Waals surface area contributed by atoms with Crippen molar-refractivity contribution in [2.75, 3.05) is 31.6 Å². The van der Waals surface area contributed by atoms with E-state index >= 15 is 0 Å². The van der Waals surface area contributed by atoms with E-state index in [0.717, 1.165) is 50.4 Å². The SMILES string of the molecule is O=C(Nc1cccc(Cl)c1)C1=C(N2CCOCC2)[C@@H](C2=CCCC2)CC1. The average Bonchev–Trinajstić information content (AvgIpc) is 3.32. The maximum atomic E-state index is 13.1. The molecule has 0 radical (unpaired) electrons. The number of hydrogen-bond acceptors (Lipinski definition) is 3. The standard InChI is InChI=1S/C21H25ClN2O2/c22-16-6-3-7-17(14-16)23-21(25)19-9-8-18(15-4-1-2-5-15)20(19)24-10-12-26-13-11-24/h3-4,6-7,14,18H,1-2,5,8-13H2,(H,23,25)/t18-/m1/s1. The zero-order valence-electron chi connectivity index (χ0n) is 15.0. The van der Waals surface area contributed by atoms with Gasteiger partial charge in [0.2, 0.25) is 0 Å². The van der Waals surface area contributed by atoms with Crippen LogP contribution < -0.4 is 5.32 Å². The van der Waals surface area contributed by atoms with Crippen LogP contribution in [-0.4, -0.2) is 37.1 Å². The van der Waals surface area contributed by atoms with Crippen LogP contribution in [0.4, 0.5) is 5.69 Å². The highest BCUT2D eigenvalue weighted by molar-refractivity contribution is 6.30. The Balaban J connectivity index is 1.62. The number of anilines is 1. The number of allylic oxidation sites excluding steroid dienone is 2. The summed E-state index contributed by atoms with van der Waals surface area (Å²) in [5.74, 6) is 0.408. The Morgan fingerprint density at radius 1 is 1.23 bits per heavy atom. The van der Waals surface area contributed by atoms with Crippen LogP contribution in [0, 0.1) is 5.92 Å². The maximum absolute atomic E-state index is 13.1. The zero-order chi connectivity index (χ0) is 17.9. The smallest absolute Gasteiger partial charge is 0.253 e. The molecule has 0 bridgehead atoms. The summed E-state index contributed by atoms with van der Waals surface area (Å²) in [6, 6.07) is 7.34. The average molecular weight is 373 g/mol. The fourth-order valence-corrected chi connectivity index (χ4v) is 4.55. The Morgan fingerprint density at radius 3 is 2.81 bits per heavy atom. The molecule has 1 saturated heterocycles. The molecule has 26 heavy (non-hydrogen) atoms. The van der Waals surface area contributed by atoms with E-state index in [1.807, 2.05) is 18.2 Å². The van der Waals surface area contributed by atoms with Crippen molar-refractivity contribution in [1.29, 1.82) is 0 Å². The minimum atomic E-state index is 0.00913. The molecule has 138 valence electrons. The molecule has 1 aliphatic heterocycles. The number of morpholine rings is 1. The van der Waals surface area contributed by atoms with Crippen molar-refractivity contribution in [3.63, 3.8) is 0 Å². The normalized spacial score (nSPS) is 23.3. The minimum absolute atomic E-state index is 0.00913. The van der Waals surface area contributed by atoms with Gasteiger partial charge in [0.05, 0.1) is 13.2 Å². The lowest BCUT2D eigenvalue weighted by atomic mass is 9.94. The molecule has 1 amide bonds. The van der Waals surface area contributed by atoms with Crippen molar-refractivity contribution in [2.45, 2.75) is 32.1 Å². The topological polar surface area (TPSA) is 41.6 Å². The highest BCUT2D eigenvalue weighted by Crippen LogP contribution is 2.42. The molecule has 0 unspecified atom stereocenters. The number of halogens is 1. The summed E-state index contributed by atoms with van der Waals surface area (Å²) < 4.78 is 5.53. The first-order valence-electron chi connectivity index (χ1n) is 9.54. The van der Waals surface area contributed by atoms with E-state index in [1.54, 1.807) is 6.07 Å². The lowest BCUT2D eigenvalue weighted by molar-refractivity contribution is -0.113. The van der Waals surface area contributed by atoms with Gasteiger partial charge in [0.1, 0.15) is 0 Å². The van der Waals surface area contributed by atoms with E-state index in [0.29, 0.717) is 10.9 Å². The molecule has 0 spiro atoms. The quantitative estimate of drug-likeness (QED) is 0.797. The number of rotatable bonds is 4. The predicted octanol–water partition coefficient (Wildman–Crippen LogP) is 4.39. The van der Waals surface area contributed by atoms with E-state index in [4.69, 9.17) is 16.3 Å². The van der Waals surface area contributed by atoms with Gasteiger partial charge in [0.25, 0.3) is 5.91 Å². The summed E-state index contributed by atoms with van der Waals surface area (Å²) in [5.41, 5.74) is 4.45. The van der Waals surface area contributed by atoms with Gasteiger partial charge in [-0.25, -0.2) is 0 Å². The molecule has 1 aromatic carbocycles. The lowest BCUT2D eigenvalue weighted by Gasteiger charge is -2.34. The van der Waals surface area contributed by atoms with Crippen molar-refractivity contribution < 1.29 is 9.53 Å². The summed E-state index contributed by atoms with van der Waals surface area (Å²) in [4.78, 5) is 15.4. The van der Waals surface area contributed by atoms with Crippen LogP contribution in [0.15, 0.2) is 47.2 Å². The minimum Gasteiger partial charge on any atom is -0.378 e. The number of nitrogens with zero attached hydrogens (tertiary/aromatic N) is 1. The number of benzene rings is 1. The molecule has 4 rings (SSSR count). The number of ether oxygens (including phenoxy) is 1. The third-order valence-corrected chi connectivity index (χ3v) is 5.79. The van der Waals surface area contributed by atoms with Gasteiger partial charge in [0, 0.05) is 41.0 Å². The van der Waals surface area contributed by atoms with Crippen LogP contribution in [0.2, 0.25) is 5.02 Å².